The molecule has 8 heteroatoms. The first-order valence-electron chi connectivity index (χ1n) is 37.7. The number of aryl methyl sites for hydroxylation is 2. The molecule has 0 saturated heterocycles. The molecule has 6 nitrogen and oxygen atoms in total. The molecule has 0 aliphatic heterocycles. The van der Waals surface area contributed by atoms with Crippen molar-refractivity contribution in [3.63, 3.8) is 0 Å². The van der Waals surface area contributed by atoms with E-state index in [0.717, 1.165) is 167 Å². The Labute approximate surface area is 647 Å². The summed E-state index contributed by atoms with van der Waals surface area (Å²) >= 11 is 0. The maximum absolute atomic E-state index is 15.8. The van der Waals surface area contributed by atoms with Crippen molar-refractivity contribution in [2.75, 3.05) is 9.80 Å². The van der Waals surface area contributed by atoms with Gasteiger partial charge in [-0.25, -0.2) is 8.78 Å². The minimum Gasteiger partial charge on any atom is -0.457 e. The van der Waals surface area contributed by atoms with E-state index in [1.165, 1.54) is 0 Å². The first-order valence-corrected chi connectivity index (χ1v) is 37.7. The summed E-state index contributed by atoms with van der Waals surface area (Å²) in [4.78, 5) is 4.62. The summed E-state index contributed by atoms with van der Waals surface area (Å²) in [6.45, 7) is 11.5. The smallest absolute Gasteiger partial charge is 0.159 e. The van der Waals surface area contributed by atoms with Gasteiger partial charge in [0.2, 0.25) is 0 Å². The van der Waals surface area contributed by atoms with Crippen LogP contribution in [0.3, 0.4) is 0 Å². The van der Waals surface area contributed by atoms with E-state index in [1.807, 2.05) is 147 Å². The molecule has 2 heterocycles. The van der Waals surface area contributed by atoms with Gasteiger partial charge in [0.05, 0.1) is 22.2 Å². The quantitative estimate of drug-likeness (QED) is 0.0906. The molecule has 20 rings (SSSR count). The highest BCUT2D eigenvalue weighted by Gasteiger charge is 2.49. The summed E-state index contributed by atoms with van der Waals surface area (Å²) in [6.07, 6.45) is 3.63. The van der Waals surface area contributed by atoms with Crippen LogP contribution in [0.25, 0.3) is 89.4 Å². The van der Waals surface area contributed by atoms with Crippen molar-refractivity contribution in [3.8, 4) is 56.4 Å². The lowest BCUT2D eigenvalue weighted by atomic mass is 9.67. The maximum atomic E-state index is 15.8. The van der Waals surface area contributed by atoms with Crippen LogP contribution in [0.5, 0.6) is 23.0 Å². The molecule has 2 aliphatic carbocycles. The third-order valence-corrected chi connectivity index (χ3v) is 22.9. The Morgan fingerprint density at radius 1 is 0.304 bits per heavy atom. The molecular formula is C104H70F2N2O4. The Kier molecular flexibility index (Phi) is 16.0. The van der Waals surface area contributed by atoms with Gasteiger partial charge in [-0.15, -0.1) is 0 Å². The number of anilines is 6. The second-order valence-electron chi connectivity index (χ2n) is 29.0. The molecule has 0 saturated carbocycles. The topological polar surface area (TPSA) is 51.2 Å². The predicted octanol–water partition coefficient (Wildman–Crippen LogP) is 28.6. The van der Waals surface area contributed by atoms with Crippen LogP contribution in [0.2, 0.25) is 0 Å². The fraction of sp³-hybridized carbons (Fsp3) is 0.0385. The van der Waals surface area contributed by atoms with Gasteiger partial charge in [0.15, 0.2) is 11.2 Å². The molecule has 112 heavy (non-hydrogen) atoms. The molecule has 18 aromatic rings. The van der Waals surface area contributed by atoms with Crippen LogP contribution in [0.1, 0.15) is 66.8 Å². The molecular weight excluding hydrogens is 1380 g/mol. The Morgan fingerprint density at radius 3 is 1.04 bits per heavy atom. The number of fused-ring (bicyclic) bond motifs is 12. The average Bonchev–Trinajstić information content (AvgIpc) is 1.53. The number of hydrogen-bond acceptors (Lipinski definition) is 6. The number of rotatable bonds is 17. The Morgan fingerprint density at radius 2 is 0.643 bits per heavy atom. The second kappa shape index (κ2) is 26.8. The first-order chi connectivity index (χ1) is 55.0. The molecule has 2 aromatic heterocycles. The van der Waals surface area contributed by atoms with Crippen LogP contribution in [0, 0.1) is 25.5 Å². The molecule has 0 radical (unpaired) electrons. The molecule has 534 valence electrons. The Hall–Kier alpha value is -14.3. The number of halogens is 2. The zero-order chi connectivity index (χ0) is 75.3. The van der Waals surface area contributed by atoms with Crippen molar-refractivity contribution in [3.05, 3.63) is 443 Å². The normalized spacial score (nSPS) is 14.6. The summed E-state index contributed by atoms with van der Waals surface area (Å²) in [5, 5.41) is 4.05. The van der Waals surface area contributed by atoms with Gasteiger partial charge in [0.1, 0.15) is 45.8 Å². The Balaban J connectivity index is 0.718. The standard InChI is InChI=1S/C104H70F2N2O4/c1-5-67-29-49-79(50-30-67)109-81-53-37-71(38-54-81)103(73-41-59-95(105)65(3)61-73)91-23-11-7-17-83(91)85-57-47-77(63-93(85)103)107(97-25-15-21-89-87-19-9-13-27-99(87)111-101(89)97)75-43-33-69(34-44-75)70-35-45-76(46-36-70)108(98-26-16-22-90-88-20-10-14-28-100(88)112-102(90)98)78-48-58-86-84-18-8-12-24-92(84)104(94(86)64-78,74-42-60-96(106)66(4)62-74)72-39-55-82(56-40-72)110-80-51-31-68(6-2)32-52-80/h5-64H,1-2H2,3-4H3. The summed E-state index contributed by atoms with van der Waals surface area (Å²) in [5.41, 5.74) is 24.2. The maximum Gasteiger partial charge on any atom is 0.159 e. The lowest BCUT2D eigenvalue weighted by molar-refractivity contribution is 0.482. The number of ether oxygens (including phenoxy) is 2. The second-order valence-corrected chi connectivity index (χ2v) is 29.0. The van der Waals surface area contributed by atoms with E-state index in [1.54, 1.807) is 12.1 Å². The average molecular weight is 1450 g/mol. The van der Waals surface area contributed by atoms with Gasteiger partial charge < -0.3 is 28.1 Å². The van der Waals surface area contributed by atoms with Crippen molar-refractivity contribution < 1.29 is 27.1 Å². The molecule has 16 aromatic carbocycles. The molecule has 0 fully saturated rings. The highest BCUT2D eigenvalue weighted by atomic mass is 19.1. The number of nitrogens with zero attached hydrogens (tertiary/aromatic N) is 2. The number of furan rings is 2. The van der Waals surface area contributed by atoms with Crippen LogP contribution in [0.15, 0.2) is 374 Å². The fourth-order valence-corrected chi connectivity index (χ4v) is 17.6. The van der Waals surface area contributed by atoms with E-state index in [9.17, 15) is 0 Å². The third-order valence-electron chi connectivity index (χ3n) is 22.9. The van der Waals surface area contributed by atoms with Gasteiger partial charge >= 0.3 is 0 Å². The molecule has 2 atom stereocenters. The zero-order valence-corrected chi connectivity index (χ0v) is 61.3. The number of benzene rings is 16. The minimum atomic E-state index is -0.907. The van der Waals surface area contributed by atoms with Gasteiger partial charge in [0.25, 0.3) is 0 Å². The predicted molar refractivity (Wildman–Crippen MR) is 453 cm³/mol. The van der Waals surface area contributed by atoms with Gasteiger partial charge in [-0.1, -0.05) is 244 Å². The number of hydrogen-bond donors (Lipinski definition) is 0. The highest BCUT2D eigenvalue weighted by molar-refractivity contribution is 6.12. The van der Waals surface area contributed by atoms with Crippen LogP contribution in [-0.2, 0) is 10.8 Å². The molecule has 0 spiro atoms. The van der Waals surface area contributed by atoms with E-state index in [0.29, 0.717) is 34.1 Å². The van der Waals surface area contributed by atoms with E-state index in [-0.39, 0.29) is 11.6 Å². The van der Waals surface area contributed by atoms with Crippen molar-refractivity contribution in [1.29, 1.82) is 0 Å². The van der Waals surface area contributed by atoms with E-state index in [2.05, 4.69) is 241 Å². The van der Waals surface area contributed by atoms with Gasteiger partial charge in [-0.05, 0) is 247 Å². The van der Waals surface area contributed by atoms with Crippen molar-refractivity contribution in [1.82, 2.24) is 0 Å². The van der Waals surface area contributed by atoms with Crippen LogP contribution in [-0.4, -0.2) is 0 Å². The van der Waals surface area contributed by atoms with E-state index in [4.69, 9.17) is 18.3 Å². The third kappa shape index (κ3) is 10.8. The summed E-state index contributed by atoms with van der Waals surface area (Å²) in [7, 11) is 0. The first kappa shape index (κ1) is 67.0. The summed E-state index contributed by atoms with van der Waals surface area (Å²) in [6, 6.07) is 121. The van der Waals surface area contributed by atoms with Crippen molar-refractivity contribution in [2.24, 2.45) is 0 Å². The van der Waals surface area contributed by atoms with Gasteiger partial charge in [0, 0.05) is 44.3 Å². The van der Waals surface area contributed by atoms with E-state index < -0.39 is 10.8 Å². The monoisotopic (exact) mass is 1450 g/mol. The largest absolute Gasteiger partial charge is 0.457 e. The SMILES string of the molecule is C=Cc1ccc(Oc2ccc(C3(c4ccc(F)c(C)c4)c4ccccc4-c4ccc(N(c5ccc(-c6ccc(N(c7ccc8c(c7)C(c7ccc(Oc9ccc(C=C)cc9)cc7)(c7ccc(F)c(C)c7)c7ccccc7-8)c7cccc8c7oc7ccccc78)cc6)cc5)c5cccc6c5oc5ccccc56)cc43)cc2)cc1. The number of para-hydroxylation sites is 4. The minimum absolute atomic E-state index is 0.268. The van der Waals surface area contributed by atoms with Crippen molar-refractivity contribution in [2.45, 2.75) is 24.7 Å². The lowest BCUT2D eigenvalue weighted by Crippen LogP contribution is -2.29. The lowest BCUT2D eigenvalue weighted by Gasteiger charge is -2.35. The van der Waals surface area contributed by atoms with Crippen LogP contribution in [0.4, 0.5) is 42.9 Å². The van der Waals surface area contributed by atoms with Gasteiger partial charge in [-0.3, -0.25) is 0 Å². The molecule has 2 unspecified atom stereocenters. The van der Waals surface area contributed by atoms with Crippen LogP contribution < -0.4 is 19.3 Å². The Bertz CT molecular complexity index is 6370. The molecule has 0 amide bonds. The molecule has 0 N–H and O–H groups in total. The zero-order valence-electron chi connectivity index (χ0n) is 61.3. The van der Waals surface area contributed by atoms with Gasteiger partial charge in [-0.2, -0.15) is 0 Å². The molecule has 2 aliphatic rings. The molecule has 0 bridgehead atoms. The highest BCUT2D eigenvalue weighted by Crippen LogP contribution is 2.61. The van der Waals surface area contributed by atoms with E-state index >= 15 is 8.78 Å². The summed E-state index contributed by atoms with van der Waals surface area (Å²) < 4.78 is 58.4. The fourth-order valence-electron chi connectivity index (χ4n) is 17.6. The van der Waals surface area contributed by atoms with Crippen molar-refractivity contribution >= 4 is 90.2 Å². The van der Waals surface area contributed by atoms with Crippen LogP contribution >= 0.6 is 0 Å². The summed E-state index contributed by atoms with van der Waals surface area (Å²) in [5.74, 6) is 2.26.